The minimum atomic E-state index is -0.173. The van der Waals surface area contributed by atoms with E-state index in [-0.39, 0.29) is 5.91 Å². The predicted molar refractivity (Wildman–Crippen MR) is 85.7 cm³/mol. The Morgan fingerprint density at radius 2 is 1.90 bits per heavy atom. The number of anilines is 2. The highest BCUT2D eigenvalue weighted by atomic mass is 16.2. The van der Waals surface area contributed by atoms with Gasteiger partial charge in [0, 0.05) is 44.3 Å². The van der Waals surface area contributed by atoms with Crippen LogP contribution < -0.4 is 9.80 Å². The van der Waals surface area contributed by atoms with Crippen molar-refractivity contribution in [2.75, 3.05) is 30.9 Å². The molecule has 0 N–H and O–H groups in total. The molecular formula is C17H17N3O. The average molecular weight is 279 g/mol. The molecule has 106 valence electrons. The van der Waals surface area contributed by atoms with Crippen LogP contribution in [0.4, 0.5) is 11.4 Å². The maximum Gasteiger partial charge on any atom is 0.276 e. The maximum absolute atomic E-state index is 12.5. The Hall–Kier alpha value is -2.80. The van der Waals surface area contributed by atoms with Crippen LogP contribution >= 0.6 is 0 Å². The standard InChI is InChI=1S/C17H17N3O/c1-5-13-7-6-8-15(11-13)20(4)17(21)16-12-14(19(2)3)9-10-18-16/h1,6-12H,2-4H3. The fraction of sp³-hybridized carbons (Fsp3) is 0.176. The molecule has 0 bridgehead atoms. The monoisotopic (exact) mass is 279 g/mol. The second-order valence-corrected chi connectivity index (χ2v) is 4.85. The van der Waals surface area contributed by atoms with E-state index in [9.17, 15) is 4.79 Å². The molecule has 1 aromatic heterocycles. The van der Waals surface area contributed by atoms with Gasteiger partial charge in [-0.2, -0.15) is 0 Å². The second kappa shape index (κ2) is 6.10. The van der Waals surface area contributed by atoms with E-state index in [2.05, 4.69) is 10.9 Å². The van der Waals surface area contributed by atoms with Gasteiger partial charge < -0.3 is 9.80 Å². The lowest BCUT2D eigenvalue weighted by Gasteiger charge is -2.18. The number of benzene rings is 1. The van der Waals surface area contributed by atoms with Gasteiger partial charge in [-0.25, -0.2) is 0 Å². The second-order valence-electron chi connectivity index (χ2n) is 4.85. The maximum atomic E-state index is 12.5. The highest BCUT2D eigenvalue weighted by Gasteiger charge is 2.15. The van der Waals surface area contributed by atoms with Crippen LogP contribution in [0.5, 0.6) is 0 Å². The number of carbonyl (C=O) groups is 1. The summed E-state index contributed by atoms with van der Waals surface area (Å²) in [5.41, 5.74) is 2.81. The smallest absolute Gasteiger partial charge is 0.276 e. The van der Waals surface area contributed by atoms with Crippen molar-refractivity contribution in [2.24, 2.45) is 0 Å². The summed E-state index contributed by atoms with van der Waals surface area (Å²) in [4.78, 5) is 20.1. The summed E-state index contributed by atoms with van der Waals surface area (Å²) < 4.78 is 0. The topological polar surface area (TPSA) is 36.4 Å². The van der Waals surface area contributed by atoms with Crippen LogP contribution in [0, 0.1) is 12.3 Å². The number of rotatable bonds is 3. The first-order chi connectivity index (χ1) is 10.0. The first-order valence-electron chi connectivity index (χ1n) is 6.51. The molecule has 2 aromatic rings. The van der Waals surface area contributed by atoms with Gasteiger partial charge in [0.15, 0.2) is 0 Å². The Bertz CT molecular complexity index is 701. The number of aromatic nitrogens is 1. The van der Waals surface area contributed by atoms with Gasteiger partial charge in [-0.15, -0.1) is 6.42 Å². The van der Waals surface area contributed by atoms with E-state index in [1.165, 1.54) is 0 Å². The number of pyridine rings is 1. The summed E-state index contributed by atoms with van der Waals surface area (Å²) in [6.45, 7) is 0. The van der Waals surface area contributed by atoms with E-state index in [4.69, 9.17) is 6.42 Å². The molecule has 0 aliphatic rings. The van der Waals surface area contributed by atoms with Crippen LogP contribution in [0.15, 0.2) is 42.6 Å². The normalized spacial score (nSPS) is 9.81. The lowest BCUT2D eigenvalue weighted by Crippen LogP contribution is -2.27. The summed E-state index contributed by atoms with van der Waals surface area (Å²) in [6.07, 6.45) is 7.02. The van der Waals surface area contributed by atoms with Crippen LogP contribution in [0.2, 0.25) is 0 Å². The molecule has 0 fully saturated rings. The van der Waals surface area contributed by atoms with Crippen LogP contribution in [0.25, 0.3) is 0 Å². The number of terminal acetylenes is 1. The van der Waals surface area contributed by atoms with Crippen molar-refractivity contribution in [3.8, 4) is 12.3 Å². The molecule has 4 heteroatoms. The zero-order valence-electron chi connectivity index (χ0n) is 12.4. The van der Waals surface area contributed by atoms with Gasteiger partial charge >= 0.3 is 0 Å². The van der Waals surface area contributed by atoms with E-state index in [0.29, 0.717) is 5.69 Å². The first kappa shape index (κ1) is 14.6. The number of hydrogen-bond acceptors (Lipinski definition) is 3. The Morgan fingerprint density at radius 1 is 1.14 bits per heavy atom. The third-order valence-corrected chi connectivity index (χ3v) is 3.18. The molecular weight excluding hydrogens is 262 g/mol. The molecule has 4 nitrogen and oxygen atoms in total. The van der Waals surface area contributed by atoms with Gasteiger partial charge in [0.05, 0.1) is 0 Å². The van der Waals surface area contributed by atoms with Crippen molar-refractivity contribution >= 4 is 17.3 Å². The Labute approximate surface area is 125 Å². The molecule has 1 amide bonds. The molecule has 1 aromatic carbocycles. The largest absolute Gasteiger partial charge is 0.378 e. The van der Waals surface area contributed by atoms with Crippen LogP contribution in [-0.2, 0) is 0 Å². The van der Waals surface area contributed by atoms with Gasteiger partial charge in [0.1, 0.15) is 5.69 Å². The zero-order chi connectivity index (χ0) is 15.4. The molecule has 0 spiro atoms. The summed E-state index contributed by atoms with van der Waals surface area (Å²) in [5.74, 6) is 2.39. The first-order valence-corrected chi connectivity index (χ1v) is 6.51. The van der Waals surface area contributed by atoms with Crippen molar-refractivity contribution in [3.63, 3.8) is 0 Å². The van der Waals surface area contributed by atoms with Gasteiger partial charge in [0.25, 0.3) is 5.91 Å². The number of amides is 1. The molecule has 0 aliphatic heterocycles. The van der Waals surface area contributed by atoms with E-state index in [1.54, 1.807) is 30.3 Å². The van der Waals surface area contributed by atoms with Crippen molar-refractivity contribution in [1.29, 1.82) is 0 Å². The molecule has 0 unspecified atom stereocenters. The van der Waals surface area contributed by atoms with E-state index >= 15 is 0 Å². The summed E-state index contributed by atoms with van der Waals surface area (Å²) in [6, 6.07) is 10.9. The molecule has 21 heavy (non-hydrogen) atoms. The quantitative estimate of drug-likeness (QED) is 0.810. The molecule has 0 saturated carbocycles. The van der Waals surface area contributed by atoms with E-state index < -0.39 is 0 Å². The van der Waals surface area contributed by atoms with Crippen LogP contribution in [0.3, 0.4) is 0 Å². The Kier molecular flexibility index (Phi) is 4.24. The zero-order valence-corrected chi connectivity index (χ0v) is 12.4. The van der Waals surface area contributed by atoms with Gasteiger partial charge in [-0.05, 0) is 30.3 Å². The van der Waals surface area contributed by atoms with Crippen molar-refractivity contribution in [2.45, 2.75) is 0 Å². The molecule has 1 heterocycles. The molecule has 0 aliphatic carbocycles. The van der Waals surface area contributed by atoms with Gasteiger partial charge in [-0.3, -0.25) is 9.78 Å². The lowest BCUT2D eigenvalue weighted by atomic mass is 10.2. The molecule has 2 rings (SSSR count). The summed E-state index contributed by atoms with van der Waals surface area (Å²) in [5, 5.41) is 0. The summed E-state index contributed by atoms with van der Waals surface area (Å²) >= 11 is 0. The third kappa shape index (κ3) is 3.21. The SMILES string of the molecule is C#Cc1cccc(N(C)C(=O)c2cc(N(C)C)ccn2)c1. The lowest BCUT2D eigenvalue weighted by molar-refractivity contribution is 0.0988. The predicted octanol–water partition coefficient (Wildman–Crippen LogP) is 2.41. The fourth-order valence-electron chi connectivity index (χ4n) is 1.91. The third-order valence-electron chi connectivity index (χ3n) is 3.18. The summed E-state index contributed by atoms with van der Waals surface area (Å²) in [7, 11) is 5.55. The highest BCUT2D eigenvalue weighted by Crippen LogP contribution is 2.18. The number of hydrogen-bond donors (Lipinski definition) is 0. The molecule has 0 radical (unpaired) electrons. The minimum Gasteiger partial charge on any atom is -0.378 e. The number of carbonyl (C=O) groups excluding carboxylic acids is 1. The fourth-order valence-corrected chi connectivity index (χ4v) is 1.91. The Morgan fingerprint density at radius 3 is 2.57 bits per heavy atom. The molecule has 0 saturated heterocycles. The van der Waals surface area contributed by atoms with Crippen molar-refractivity contribution in [1.82, 2.24) is 4.98 Å². The van der Waals surface area contributed by atoms with Crippen molar-refractivity contribution < 1.29 is 4.79 Å². The number of nitrogens with zero attached hydrogens (tertiary/aromatic N) is 3. The van der Waals surface area contributed by atoms with Gasteiger partial charge in [-0.1, -0.05) is 12.0 Å². The van der Waals surface area contributed by atoms with E-state index in [1.807, 2.05) is 43.3 Å². The van der Waals surface area contributed by atoms with Crippen LogP contribution in [0.1, 0.15) is 16.1 Å². The van der Waals surface area contributed by atoms with E-state index in [0.717, 1.165) is 16.9 Å². The Balaban J connectivity index is 2.31. The molecule has 0 atom stereocenters. The van der Waals surface area contributed by atoms with Crippen LogP contribution in [-0.4, -0.2) is 32.0 Å². The average Bonchev–Trinajstić information content (AvgIpc) is 2.53. The van der Waals surface area contributed by atoms with Crippen molar-refractivity contribution in [3.05, 3.63) is 53.9 Å². The highest BCUT2D eigenvalue weighted by molar-refractivity contribution is 6.04. The van der Waals surface area contributed by atoms with Gasteiger partial charge in [0.2, 0.25) is 0 Å². The minimum absolute atomic E-state index is 0.173.